The Kier molecular flexibility index (Phi) is 2.42. The van der Waals surface area contributed by atoms with Crippen LogP contribution in [-0.4, -0.2) is 22.6 Å². The highest BCUT2D eigenvalue weighted by Crippen LogP contribution is 2.24. The van der Waals surface area contributed by atoms with E-state index >= 15 is 0 Å². The molecule has 0 bridgehead atoms. The molecule has 2 rings (SSSR count). The Bertz CT molecular complexity index is 389. The van der Waals surface area contributed by atoms with E-state index in [0.29, 0.717) is 0 Å². The molecule has 0 radical (unpaired) electrons. The van der Waals surface area contributed by atoms with E-state index in [1.165, 1.54) is 0 Å². The van der Waals surface area contributed by atoms with Gasteiger partial charge in [0.1, 0.15) is 11.9 Å². The molecule has 78 valence electrons. The average molecular weight is 203 g/mol. The van der Waals surface area contributed by atoms with E-state index in [9.17, 15) is 0 Å². The monoisotopic (exact) mass is 203 g/mol. The van der Waals surface area contributed by atoms with Gasteiger partial charge in [-0.15, -0.1) is 0 Å². The summed E-state index contributed by atoms with van der Waals surface area (Å²) in [5.41, 5.74) is 6.42. The van der Waals surface area contributed by atoms with Gasteiger partial charge in [0.25, 0.3) is 0 Å². The Morgan fingerprint density at radius 2 is 2.40 bits per heavy atom. The molecule has 1 aromatic heterocycles. The van der Waals surface area contributed by atoms with Crippen molar-refractivity contribution < 1.29 is 0 Å². The molecule has 0 spiro atoms. The fourth-order valence-corrected chi connectivity index (χ4v) is 1.90. The first-order chi connectivity index (χ1) is 7.20. The number of aryl methyl sites for hydroxylation is 1. The summed E-state index contributed by atoms with van der Waals surface area (Å²) < 4.78 is 0. The van der Waals surface area contributed by atoms with Crippen LogP contribution in [0.15, 0.2) is 6.07 Å². The van der Waals surface area contributed by atoms with Gasteiger partial charge in [-0.05, 0) is 19.8 Å². The van der Waals surface area contributed by atoms with E-state index in [-0.39, 0.29) is 12.0 Å². The molecule has 2 heterocycles. The fourth-order valence-electron chi connectivity index (χ4n) is 1.90. The van der Waals surface area contributed by atoms with Crippen LogP contribution >= 0.6 is 0 Å². The van der Waals surface area contributed by atoms with Gasteiger partial charge in [-0.3, -0.25) is 0 Å². The second-order valence-corrected chi connectivity index (χ2v) is 3.71. The van der Waals surface area contributed by atoms with Crippen LogP contribution in [-0.2, 0) is 0 Å². The van der Waals surface area contributed by atoms with Crippen molar-refractivity contribution in [1.82, 2.24) is 9.97 Å². The van der Waals surface area contributed by atoms with Crippen molar-refractivity contribution in [2.45, 2.75) is 25.8 Å². The molecule has 0 saturated carbocycles. The number of aromatic nitrogens is 2. The van der Waals surface area contributed by atoms with E-state index in [1.807, 2.05) is 17.9 Å². The molecule has 1 aromatic rings. The van der Waals surface area contributed by atoms with E-state index in [4.69, 9.17) is 11.0 Å². The van der Waals surface area contributed by atoms with Gasteiger partial charge in [0.05, 0.1) is 6.07 Å². The molecule has 0 amide bonds. The Morgan fingerprint density at radius 1 is 1.60 bits per heavy atom. The zero-order valence-electron chi connectivity index (χ0n) is 8.64. The average Bonchev–Trinajstić information content (AvgIpc) is 2.63. The lowest BCUT2D eigenvalue weighted by atomic mass is 10.2. The Morgan fingerprint density at radius 3 is 3.07 bits per heavy atom. The Labute approximate surface area is 88.5 Å². The molecular weight excluding hydrogens is 190 g/mol. The van der Waals surface area contributed by atoms with Crippen LogP contribution in [0.5, 0.6) is 0 Å². The second-order valence-electron chi connectivity index (χ2n) is 3.71. The van der Waals surface area contributed by atoms with Crippen molar-refractivity contribution in [3.05, 3.63) is 11.8 Å². The summed E-state index contributed by atoms with van der Waals surface area (Å²) in [7, 11) is 0. The van der Waals surface area contributed by atoms with Crippen LogP contribution in [0.4, 0.5) is 11.8 Å². The number of hydrogen-bond acceptors (Lipinski definition) is 5. The fraction of sp³-hybridized carbons (Fsp3) is 0.500. The first-order valence-corrected chi connectivity index (χ1v) is 4.98. The van der Waals surface area contributed by atoms with E-state index in [2.05, 4.69) is 16.0 Å². The van der Waals surface area contributed by atoms with Crippen molar-refractivity contribution in [3.63, 3.8) is 0 Å². The predicted octanol–water partition coefficient (Wildman–Crippen LogP) is 0.860. The summed E-state index contributed by atoms with van der Waals surface area (Å²) >= 11 is 0. The third-order valence-electron chi connectivity index (χ3n) is 2.55. The SMILES string of the molecule is Cc1cc(N2CCCC2C#N)nc(N)n1. The van der Waals surface area contributed by atoms with Crippen molar-refractivity contribution in [1.29, 1.82) is 5.26 Å². The normalized spacial score (nSPS) is 20.3. The van der Waals surface area contributed by atoms with Crippen molar-refractivity contribution in [2.75, 3.05) is 17.2 Å². The quantitative estimate of drug-likeness (QED) is 0.732. The topological polar surface area (TPSA) is 78.8 Å². The van der Waals surface area contributed by atoms with Crippen molar-refractivity contribution in [2.24, 2.45) is 0 Å². The number of nitrogen functional groups attached to an aromatic ring is 1. The highest BCUT2D eigenvalue weighted by atomic mass is 15.2. The predicted molar refractivity (Wildman–Crippen MR) is 57.2 cm³/mol. The molecule has 1 saturated heterocycles. The third kappa shape index (κ3) is 1.84. The van der Waals surface area contributed by atoms with Gasteiger partial charge in [-0.1, -0.05) is 0 Å². The van der Waals surface area contributed by atoms with Crippen LogP contribution in [0.25, 0.3) is 0 Å². The Hall–Kier alpha value is -1.83. The van der Waals surface area contributed by atoms with Crippen molar-refractivity contribution in [3.8, 4) is 6.07 Å². The van der Waals surface area contributed by atoms with Crippen LogP contribution in [0, 0.1) is 18.3 Å². The summed E-state index contributed by atoms with van der Waals surface area (Å²) in [4.78, 5) is 10.2. The van der Waals surface area contributed by atoms with Crippen LogP contribution in [0.2, 0.25) is 0 Å². The lowest BCUT2D eigenvalue weighted by Crippen LogP contribution is -2.28. The van der Waals surface area contributed by atoms with Gasteiger partial charge in [0.2, 0.25) is 5.95 Å². The minimum Gasteiger partial charge on any atom is -0.368 e. The first-order valence-electron chi connectivity index (χ1n) is 4.98. The Balaban J connectivity index is 2.33. The highest BCUT2D eigenvalue weighted by molar-refractivity contribution is 5.46. The van der Waals surface area contributed by atoms with Gasteiger partial charge >= 0.3 is 0 Å². The molecule has 1 unspecified atom stereocenters. The molecule has 5 heteroatoms. The second kappa shape index (κ2) is 3.73. The van der Waals surface area contributed by atoms with E-state index in [1.54, 1.807) is 0 Å². The number of nitrogens with two attached hydrogens (primary N) is 1. The molecule has 1 fully saturated rings. The van der Waals surface area contributed by atoms with Gasteiger partial charge < -0.3 is 10.6 Å². The number of anilines is 2. The molecular formula is C10H13N5. The third-order valence-corrected chi connectivity index (χ3v) is 2.55. The van der Waals surface area contributed by atoms with Gasteiger partial charge in [0.15, 0.2) is 0 Å². The number of nitrogens with zero attached hydrogens (tertiary/aromatic N) is 4. The summed E-state index contributed by atoms with van der Waals surface area (Å²) in [5.74, 6) is 1.04. The van der Waals surface area contributed by atoms with E-state index < -0.39 is 0 Å². The minimum atomic E-state index is -0.0706. The first kappa shape index (κ1) is 9.71. The summed E-state index contributed by atoms with van der Waals surface area (Å²) in [6.45, 7) is 2.74. The molecule has 5 nitrogen and oxygen atoms in total. The summed E-state index contributed by atoms with van der Waals surface area (Å²) in [5, 5.41) is 8.97. The zero-order valence-corrected chi connectivity index (χ0v) is 8.64. The van der Waals surface area contributed by atoms with E-state index in [0.717, 1.165) is 30.9 Å². The molecule has 0 aliphatic carbocycles. The maximum atomic E-state index is 8.97. The maximum Gasteiger partial charge on any atom is 0.222 e. The summed E-state index contributed by atoms with van der Waals surface area (Å²) in [6.07, 6.45) is 1.93. The standard InChI is InChI=1S/C10H13N5/c1-7-5-9(14-10(12)13-7)15-4-2-3-8(15)6-11/h5,8H,2-4H2,1H3,(H2,12,13,14). The van der Waals surface area contributed by atoms with Gasteiger partial charge in [0, 0.05) is 18.3 Å². The molecule has 1 atom stereocenters. The van der Waals surface area contributed by atoms with Crippen LogP contribution < -0.4 is 10.6 Å². The molecule has 2 N–H and O–H groups in total. The highest BCUT2D eigenvalue weighted by Gasteiger charge is 2.25. The van der Waals surface area contributed by atoms with Gasteiger partial charge in [-0.2, -0.15) is 10.2 Å². The minimum absolute atomic E-state index is 0.0706. The molecule has 15 heavy (non-hydrogen) atoms. The lowest BCUT2D eigenvalue weighted by Gasteiger charge is -2.20. The van der Waals surface area contributed by atoms with Crippen LogP contribution in [0.3, 0.4) is 0 Å². The molecule has 1 aliphatic heterocycles. The molecule has 1 aliphatic rings. The zero-order chi connectivity index (χ0) is 10.8. The van der Waals surface area contributed by atoms with Crippen LogP contribution in [0.1, 0.15) is 18.5 Å². The van der Waals surface area contributed by atoms with Crippen molar-refractivity contribution >= 4 is 11.8 Å². The smallest absolute Gasteiger partial charge is 0.222 e. The maximum absolute atomic E-state index is 8.97. The number of rotatable bonds is 1. The molecule has 0 aromatic carbocycles. The number of nitriles is 1. The van der Waals surface area contributed by atoms with Gasteiger partial charge in [-0.25, -0.2) is 4.98 Å². The summed E-state index contributed by atoms with van der Waals surface area (Å²) in [6, 6.07) is 4.07. The largest absolute Gasteiger partial charge is 0.368 e. The lowest BCUT2D eigenvalue weighted by molar-refractivity contribution is 0.804. The number of hydrogen-bond donors (Lipinski definition) is 1.